The van der Waals surface area contributed by atoms with E-state index in [2.05, 4.69) is 4.98 Å². The Morgan fingerprint density at radius 3 is 2.93 bits per heavy atom. The predicted molar refractivity (Wildman–Crippen MR) is 57.5 cm³/mol. The first-order valence-corrected chi connectivity index (χ1v) is 4.72. The van der Waals surface area contributed by atoms with Crippen LogP contribution in [0.2, 0.25) is 5.15 Å². The van der Waals surface area contributed by atoms with Crippen LogP contribution in [0.3, 0.4) is 0 Å². The second-order valence-electron chi connectivity index (χ2n) is 3.05. The summed E-state index contributed by atoms with van der Waals surface area (Å²) in [4.78, 5) is 4.11. The maximum absolute atomic E-state index is 5.99. The van der Waals surface area contributed by atoms with Crippen LogP contribution in [0.25, 0.3) is 10.8 Å². The summed E-state index contributed by atoms with van der Waals surface area (Å²) in [6.45, 7) is 0.493. The lowest BCUT2D eigenvalue weighted by molar-refractivity contribution is 0.186. The van der Waals surface area contributed by atoms with Crippen molar-refractivity contribution in [3.05, 3.63) is 41.2 Å². The number of halogens is 1. The van der Waals surface area contributed by atoms with Gasteiger partial charge < -0.3 is 4.74 Å². The first kappa shape index (κ1) is 9.44. The van der Waals surface area contributed by atoms with Gasteiger partial charge in [-0.2, -0.15) is 0 Å². The van der Waals surface area contributed by atoms with Gasteiger partial charge in [-0.05, 0) is 5.39 Å². The minimum absolute atomic E-state index is 0.493. The van der Waals surface area contributed by atoms with Crippen LogP contribution in [0.4, 0.5) is 0 Å². The predicted octanol–water partition coefficient (Wildman–Crippen LogP) is 3.03. The Kier molecular flexibility index (Phi) is 2.66. The average molecular weight is 208 g/mol. The van der Waals surface area contributed by atoms with Gasteiger partial charge in [0.2, 0.25) is 0 Å². The third-order valence-corrected chi connectivity index (χ3v) is 2.47. The zero-order valence-corrected chi connectivity index (χ0v) is 8.58. The fourth-order valence-electron chi connectivity index (χ4n) is 1.48. The number of ether oxygens (including phenoxy) is 1. The third-order valence-electron chi connectivity index (χ3n) is 2.14. The summed E-state index contributed by atoms with van der Waals surface area (Å²) in [6.07, 6.45) is 1.77. The molecule has 0 atom stereocenters. The maximum Gasteiger partial charge on any atom is 0.135 e. The Bertz CT molecular complexity index is 456. The number of hydrogen-bond donors (Lipinski definition) is 0. The van der Waals surface area contributed by atoms with Gasteiger partial charge in [-0.15, -0.1) is 0 Å². The van der Waals surface area contributed by atoms with E-state index in [0.717, 1.165) is 16.3 Å². The van der Waals surface area contributed by atoms with Crippen molar-refractivity contribution in [2.45, 2.75) is 6.61 Å². The summed E-state index contributed by atoms with van der Waals surface area (Å²) >= 11 is 5.99. The van der Waals surface area contributed by atoms with Gasteiger partial charge in [0.1, 0.15) is 5.15 Å². The van der Waals surface area contributed by atoms with Crippen molar-refractivity contribution < 1.29 is 4.74 Å². The SMILES string of the molecule is COCc1c(Cl)ncc2ccccc12. The minimum Gasteiger partial charge on any atom is -0.380 e. The van der Waals surface area contributed by atoms with Crippen LogP contribution in [-0.4, -0.2) is 12.1 Å². The molecule has 0 spiro atoms. The molecule has 0 amide bonds. The highest BCUT2D eigenvalue weighted by molar-refractivity contribution is 6.31. The molecule has 0 radical (unpaired) electrons. The molecule has 0 aliphatic heterocycles. The summed E-state index contributed by atoms with van der Waals surface area (Å²) in [6, 6.07) is 8.00. The van der Waals surface area contributed by atoms with Gasteiger partial charge in [-0.25, -0.2) is 4.98 Å². The molecule has 0 N–H and O–H groups in total. The molecular weight excluding hydrogens is 198 g/mol. The van der Waals surface area contributed by atoms with Gasteiger partial charge in [0.05, 0.1) is 6.61 Å². The fraction of sp³-hybridized carbons (Fsp3) is 0.182. The molecule has 1 aromatic carbocycles. The largest absolute Gasteiger partial charge is 0.380 e. The molecule has 0 saturated heterocycles. The number of pyridine rings is 1. The molecule has 14 heavy (non-hydrogen) atoms. The summed E-state index contributed by atoms with van der Waals surface area (Å²) in [5, 5.41) is 2.71. The maximum atomic E-state index is 5.99. The van der Waals surface area contributed by atoms with Crippen LogP contribution < -0.4 is 0 Å². The number of nitrogens with zero attached hydrogens (tertiary/aromatic N) is 1. The molecule has 1 aromatic heterocycles. The lowest BCUT2D eigenvalue weighted by Crippen LogP contribution is -1.93. The molecular formula is C11H10ClNO. The van der Waals surface area contributed by atoms with E-state index in [0.29, 0.717) is 11.8 Å². The van der Waals surface area contributed by atoms with Crippen molar-refractivity contribution >= 4 is 22.4 Å². The molecule has 0 aliphatic carbocycles. The molecule has 0 aliphatic rings. The van der Waals surface area contributed by atoms with Crippen LogP contribution in [0.1, 0.15) is 5.56 Å². The Morgan fingerprint density at radius 2 is 2.14 bits per heavy atom. The summed E-state index contributed by atoms with van der Waals surface area (Å²) in [7, 11) is 1.65. The van der Waals surface area contributed by atoms with Crippen LogP contribution >= 0.6 is 11.6 Å². The van der Waals surface area contributed by atoms with Crippen LogP contribution in [0.15, 0.2) is 30.5 Å². The first-order chi connectivity index (χ1) is 6.83. The van der Waals surface area contributed by atoms with E-state index in [4.69, 9.17) is 16.3 Å². The van der Waals surface area contributed by atoms with Crippen molar-refractivity contribution in [2.75, 3.05) is 7.11 Å². The Morgan fingerprint density at radius 1 is 1.36 bits per heavy atom. The first-order valence-electron chi connectivity index (χ1n) is 4.34. The van der Waals surface area contributed by atoms with E-state index in [1.54, 1.807) is 13.3 Å². The number of aromatic nitrogens is 1. The van der Waals surface area contributed by atoms with E-state index in [1.165, 1.54) is 0 Å². The molecule has 2 nitrogen and oxygen atoms in total. The smallest absolute Gasteiger partial charge is 0.135 e. The second-order valence-corrected chi connectivity index (χ2v) is 3.41. The Balaban J connectivity index is 2.69. The van der Waals surface area contributed by atoms with Gasteiger partial charge in [-0.1, -0.05) is 35.9 Å². The van der Waals surface area contributed by atoms with Gasteiger partial charge in [0, 0.05) is 24.3 Å². The Hall–Kier alpha value is -1.12. The highest BCUT2D eigenvalue weighted by Crippen LogP contribution is 2.24. The Labute approximate surface area is 87.5 Å². The molecule has 1 heterocycles. The standard InChI is InChI=1S/C11H10ClNO/c1-14-7-10-9-5-3-2-4-8(9)6-13-11(10)12/h2-6H,7H2,1H3. The fourth-order valence-corrected chi connectivity index (χ4v) is 1.69. The van der Waals surface area contributed by atoms with E-state index < -0.39 is 0 Å². The molecule has 0 saturated carbocycles. The number of methoxy groups -OCH3 is 1. The van der Waals surface area contributed by atoms with Gasteiger partial charge in [0.15, 0.2) is 0 Å². The molecule has 2 rings (SSSR count). The highest BCUT2D eigenvalue weighted by atomic mass is 35.5. The van der Waals surface area contributed by atoms with Crippen molar-refractivity contribution in [3.8, 4) is 0 Å². The minimum atomic E-state index is 0.493. The number of hydrogen-bond acceptors (Lipinski definition) is 2. The summed E-state index contributed by atoms with van der Waals surface area (Å²) < 4.78 is 5.09. The molecule has 3 heteroatoms. The van der Waals surface area contributed by atoms with E-state index in [-0.39, 0.29) is 0 Å². The normalized spacial score (nSPS) is 10.7. The van der Waals surface area contributed by atoms with E-state index in [1.807, 2.05) is 24.3 Å². The van der Waals surface area contributed by atoms with Crippen LogP contribution in [0.5, 0.6) is 0 Å². The van der Waals surface area contributed by atoms with Crippen LogP contribution in [0, 0.1) is 0 Å². The summed E-state index contributed by atoms with van der Waals surface area (Å²) in [5.74, 6) is 0. The molecule has 0 unspecified atom stereocenters. The van der Waals surface area contributed by atoms with Crippen molar-refractivity contribution in [1.29, 1.82) is 0 Å². The third kappa shape index (κ3) is 1.59. The number of benzene rings is 1. The van der Waals surface area contributed by atoms with E-state index >= 15 is 0 Å². The van der Waals surface area contributed by atoms with E-state index in [9.17, 15) is 0 Å². The molecule has 72 valence electrons. The van der Waals surface area contributed by atoms with Crippen molar-refractivity contribution in [3.63, 3.8) is 0 Å². The van der Waals surface area contributed by atoms with Crippen molar-refractivity contribution in [2.24, 2.45) is 0 Å². The lowest BCUT2D eigenvalue weighted by atomic mass is 10.1. The molecule has 2 aromatic rings. The van der Waals surface area contributed by atoms with Crippen LogP contribution in [-0.2, 0) is 11.3 Å². The van der Waals surface area contributed by atoms with Gasteiger partial charge in [0.25, 0.3) is 0 Å². The molecule has 0 fully saturated rings. The second kappa shape index (κ2) is 3.95. The quantitative estimate of drug-likeness (QED) is 0.707. The monoisotopic (exact) mass is 207 g/mol. The number of fused-ring (bicyclic) bond motifs is 1. The number of rotatable bonds is 2. The van der Waals surface area contributed by atoms with Gasteiger partial charge in [-0.3, -0.25) is 0 Å². The highest BCUT2D eigenvalue weighted by Gasteiger charge is 2.05. The zero-order valence-electron chi connectivity index (χ0n) is 7.83. The lowest BCUT2D eigenvalue weighted by Gasteiger charge is -2.06. The van der Waals surface area contributed by atoms with Gasteiger partial charge >= 0.3 is 0 Å². The average Bonchev–Trinajstić information content (AvgIpc) is 2.23. The summed E-state index contributed by atoms with van der Waals surface area (Å²) in [5.41, 5.74) is 0.951. The topological polar surface area (TPSA) is 22.1 Å². The van der Waals surface area contributed by atoms with Crippen molar-refractivity contribution in [1.82, 2.24) is 4.98 Å². The zero-order chi connectivity index (χ0) is 9.97. The molecule has 0 bridgehead atoms.